The maximum absolute atomic E-state index is 15.2. The van der Waals surface area contributed by atoms with Crippen LogP contribution in [0.2, 0.25) is 0 Å². The van der Waals surface area contributed by atoms with Gasteiger partial charge in [-0.15, -0.1) is 0 Å². The van der Waals surface area contributed by atoms with E-state index in [1.54, 1.807) is 6.20 Å². The number of H-pyrrole nitrogens is 1. The number of hydrogen-bond donors (Lipinski definition) is 3. The molecule has 8 nitrogen and oxygen atoms in total. The fourth-order valence-electron chi connectivity index (χ4n) is 5.44. The van der Waals surface area contributed by atoms with Crippen LogP contribution >= 0.6 is 0 Å². The van der Waals surface area contributed by atoms with Crippen molar-refractivity contribution in [1.29, 1.82) is 0 Å². The molecule has 6 rings (SSSR count). The van der Waals surface area contributed by atoms with Crippen molar-refractivity contribution in [3.05, 3.63) is 66.0 Å². The molecule has 2 aliphatic rings. The predicted octanol–water partition coefficient (Wildman–Crippen LogP) is 4.55. The van der Waals surface area contributed by atoms with E-state index < -0.39 is 5.82 Å². The van der Waals surface area contributed by atoms with Gasteiger partial charge in [0, 0.05) is 60.4 Å². The Kier molecular flexibility index (Phi) is 5.33. The average molecular weight is 459 g/mol. The molecule has 0 aliphatic carbocycles. The molecular formula is C25H27FN8. The zero-order chi connectivity index (χ0) is 23.1. The molecule has 2 fully saturated rings. The second kappa shape index (κ2) is 8.64. The summed E-state index contributed by atoms with van der Waals surface area (Å²) < 4.78 is 15.2. The molecule has 0 aromatic carbocycles. The third-order valence-corrected chi connectivity index (χ3v) is 6.99. The summed E-state index contributed by atoms with van der Waals surface area (Å²) in [6.07, 6.45) is 9.81. The maximum Gasteiger partial charge on any atom is 0.192 e. The van der Waals surface area contributed by atoms with Crippen LogP contribution in [0.15, 0.2) is 48.9 Å². The highest BCUT2D eigenvalue weighted by Crippen LogP contribution is 2.38. The molecule has 0 spiro atoms. The van der Waals surface area contributed by atoms with Gasteiger partial charge < -0.3 is 10.6 Å². The van der Waals surface area contributed by atoms with Gasteiger partial charge in [0.1, 0.15) is 11.3 Å². The number of pyridine rings is 3. The first kappa shape index (κ1) is 21.0. The molecule has 4 aromatic rings. The van der Waals surface area contributed by atoms with Crippen LogP contribution in [-0.4, -0.2) is 48.2 Å². The van der Waals surface area contributed by atoms with Crippen LogP contribution in [0, 0.1) is 12.7 Å². The lowest BCUT2D eigenvalue weighted by molar-refractivity contribution is 0.124. The van der Waals surface area contributed by atoms with E-state index in [-0.39, 0.29) is 11.9 Å². The van der Waals surface area contributed by atoms with Crippen LogP contribution in [0.1, 0.15) is 36.9 Å². The normalized spacial score (nSPS) is 22.2. The Morgan fingerprint density at radius 2 is 1.88 bits per heavy atom. The summed E-state index contributed by atoms with van der Waals surface area (Å²) in [6, 6.07) is 11.0. The maximum atomic E-state index is 15.2. The highest BCUT2D eigenvalue weighted by molar-refractivity contribution is 5.92. The number of aromatic nitrogens is 5. The molecule has 3 atom stereocenters. The van der Waals surface area contributed by atoms with E-state index in [9.17, 15) is 0 Å². The van der Waals surface area contributed by atoms with E-state index in [1.165, 1.54) is 18.4 Å². The monoisotopic (exact) mass is 458 g/mol. The van der Waals surface area contributed by atoms with E-state index in [1.807, 2.05) is 37.5 Å². The van der Waals surface area contributed by atoms with Crippen molar-refractivity contribution >= 4 is 28.4 Å². The molecule has 0 radical (unpaired) electrons. The number of rotatable bonds is 6. The van der Waals surface area contributed by atoms with Gasteiger partial charge in [-0.25, -0.2) is 9.37 Å². The first-order valence-corrected chi connectivity index (χ1v) is 11.8. The summed E-state index contributed by atoms with van der Waals surface area (Å²) >= 11 is 0. The van der Waals surface area contributed by atoms with Gasteiger partial charge in [-0.05, 0) is 62.4 Å². The number of aromatic amines is 1. The summed E-state index contributed by atoms with van der Waals surface area (Å²) in [5.41, 5.74) is 2.49. The van der Waals surface area contributed by atoms with Crippen LogP contribution in [0.25, 0.3) is 10.9 Å². The summed E-state index contributed by atoms with van der Waals surface area (Å²) in [6.45, 7) is 2.86. The molecule has 3 N–H and O–H groups in total. The number of nitrogens with zero attached hydrogens (tertiary/aromatic N) is 5. The van der Waals surface area contributed by atoms with E-state index in [0.29, 0.717) is 34.6 Å². The fraction of sp³-hybridized carbons (Fsp3) is 0.360. The van der Waals surface area contributed by atoms with Crippen molar-refractivity contribution in [2.75, 3.05) is 10.6 Å². The number of fused-ring (bicyclic) bond motifs is 3. The standard InChI is InChI=1S/C25H27FN8/c1-15-11-21(33-32-15)30-25-22(26)23-20(3-2-8-28-23)24(31-25)29-17-12-18-4-5-19(13-17)34(18)14-16-6-9-27-10-7-16/h2-3,6-11,17-19H,4-5,12-14H2,1H3,(H3,29,30,31,32,33)/t17?,18-,19+. The number of nitrogens with one attached hydrogen (secondary N) is 3. The second-order valence-corrected chi connectivity index (χ2v) is 9.31. The van der Waals surface area contributed by atoms with Crippen LogP contribution in [0.4, 0.5) is 21.8 Å². The molecule has 4 aromatic heterocycles. The first-order valence-electron chi connectivity index (χ1n) is 11.8. The average Bonchev–Trinajstić information content (AvgIpc) is 3.36. The lowest BCUT2D eigenvalue weighted by Gasteiger charge is -2.39. The highest BCUT2D eigenvalue weighted by Gasteiger charge is 2.40. The predicted molar refractivity (Wildman–Crippen MR) is 129 cm³/mol. The van der Waals surface area contributed by atoms with Crippen molar-refractivity contribution in [3.8, 4) is 0 Å². The Hall–Kier alpha value is -3.59. The number of hydrogen-bond acceptors (Lipinski definition) is 7. The van der Waals surface area contributed by atoms with Gasteiger partial charge in [-0.1, -0.05) is 0 Å². The van der Waals surface area contributed by atoms with Gasteiger partial charge in [0.25, 0.3) is 0 Å². The molecule has 0 saturated carbocycles. The van der Waals surface area contributed by atoms with E-state index in [0.717, 1.165) is 25.1 Å². The number of anilines is 3. The van der Waals surface area contributed by atoms with Gasteiger partial charge in [0.15, 0.2) is 17.5 Å². The Labute approximate surface area is 197 Å². The zero-order valence-corrected chi connectivity index (χ0v) is 19.0. The third-order valence-electron chi connectivity index (χ3n) is 6.99. The molecule has 2 aliphatic heterocycles. The van der Waals surface area contributed by atoms with Crippen molar-refractivity contribution < 1.29 is 4.39 Å². The lowest BCUT2D eigenvalue weighted by Crippen LogP contribution is -2.46. The van der Waals surface area contributed by atoms with Crippen LogP contribution in [-0.2, 0) is 6.54 Å². The molecule has 9 heteroatoms. The van der Waals surface area contributed by atoms with Crippen LogP contribution in [0.5, 0.6) is 0 Å². The van der Waals surface area contributed by atoms with Gasteiger partial charge >= 0.3 is 0 Å². The number of aryl methyl sites for hydroxylation is 1. The summed E-state index contributed by atoms with van der Waals surface area (Å²) in [5.74, 6) is 0.825. The SMILES string of the molecule is Cc1cc(Nc2nc(NC3C[C@H]4CC[C@@H](C3)N4Cc3ccncc3)c3cccnc3c2F)n[nH]1. The number of halogens is 1. The first-order chi connectivity index (χ1) is 16.6. The van der Waals surface area contributed by atoms with Gasteiger partial charge in [0.05, 0.1) is 0 Å². The Morgan fingerprint density at radius 1 is 1.09 bits per heavy atom. The molecule has 1 unspecified atom stereocenters. The minimum atomic E-state index is -0.478. The lowest BCUT2D eigenvalue weighted by atomic mass is 9.96. The zero-order valence-electron chi connectivity index (χ0n) is 19.0. The summed E-state index contributed by atoms with van der Waals surface area (Å²) in [5, 5.41) is 14.4. The van der Waals surface area contributed by atoms with Crippen molar-refractivity contribution in [2.45, 2.75) is 57.3 Å². The molecule has 34 heavy (non-hydrogen) atoms. The minimum Gasteiger partial charge on any atom is -0.367 e. The molecule has 0 amide bonds. The third kappa shape index (κ3) is 3.96. The molecule has 174 valence electrons. The van der Waals surface area contributed by atoms with E-state index in [2.05, 4.69) is 52.8 Å². The van der Waals surface area contributed by atoms with Gasteiger partial charge in [0.2, 0.25) is 0 Å². The highest BCUT2D eigenvalue weighted by atomic mass is 19.1. The summed E-state index contributed by atoms with van der Waals surface area (Å²) in [7, 11) is 0. The minimum absolute atomic E-state index is 0.123. The topological polar surface area (TPSA) is 94.7 Å². The van der Waals surface area contributed by atoms with E-state index in [4.69, 9.17) is 0 Å². The summed E-state index contributed by atoms with van der Waals surface area (Å²) in [4.78, 5) is 15.7. The molecular weight excluding hydrogens is 431 g/mol. The van der Waals surface area contributed by atoms with Crippen molar-refractivity contribution in [1.82, 2.24) is 30.0 Å². The smallest absolute Gasteiger partial charge is 0.192 e. The Bertz CT molecular complexity index is 1290. The van der Waals surface area contributed by atoms with Crippen molar-refractivity contribution in [2.24, 2.45) is 0 Å². The molecule has 2 bridgehead atoms. The quantitative estimate of drug-likeness (QED) is 0.390. The van der Waals surface area contributed by atoms with Gasteiger partial charge in [-0.2, -0.15) is 5.10 Å². The molecule has 2 saturated heterocycles. The largest absolute Gasteiger partial charge is 0.367 e. The Balaban J connectivity index is 1.25. The molecule has 6 heterocycles. The van der Waals surface area contributed by atoms with E-state index >= 15 is 4.39 Å². The van der Waals surface area contributed by atoms with Crippen molar-refractivity contribution in [3.63, 3.8) is 0 Å². The second-order valence-electron chi connectivity index (χ2n) is 9.31. The fourth-order valence-corrected chi connectivity index (χ4v) is 5.44. The van der Waals surface area contributed by atoms with Gasteiger partial charge in [-0.3, -0.25) is 20.0 Å². The Morgan fingerprint density at radius 3 is 2.62 bits per heavy atom. The van der Waals surface area contributed by atoms with Crippen LogP contribution in [0.3, 0.4) is 0 Å². The number of piperidine rings is 1. The van der Waals surface area contributed by atoms with Crippen LogP contribution < -0.4 is 10.6 Å².